The zero-order chi connectivity index (χ0) is 14.8. The normalized spacial score (nSPS) is 16.8. The summed E-state index contributed by atoms with van der Waals surface area (Å²) in [5, 5.41) is 8.78. The first-order valence-electron chi connectivity index (χ1n) is 6.35. The zero-order valence-electron chi connectivity index (χ0n) is 11.1. The summed E-state index contributed by atoms with van der Waals surface area (Å²) in [6.07, 6.45) is -2.94. The Kier molecular flexibility index (Phi) is 4.19. The fraction of sp³-hybridized carbons (Fsp3) is 0.500. The lowest BCUT2D eigenvalue weighted by Gasteiger charge is -2.33. The van der Waals surface area contributed by atoms with Crippen molar-refractivity contribution in [2.75, 3.05) is 25.2 Å². The van der Waals surface area contributed by atoms with Gasteiger partial charge in [-0.2, -0.15) is 18.4 Å². The van der Waals surface area contributed by atoms with Crippen molar-refractivity contribution >= 4 is 5.69 Å². The van der Waals surface area contributed by atoms with E-state index >= 15 is 0 Å². The van der Waals surface area contributed by atoms with Crippen molar-refractivity contribution < 1.29 is 17.9 Å². The van der Waals surface area contributed by atoms with Crippen LogP contribution in [0.25, 0.3) is 0 Å². The lowest BCUT2D eigenvalue weighted by molar-refractivity contribution is -0.137. The van der Waals surface area contributed by atoms with Gasteiger partial charge in [0.15, 0.2) is 0 Å². The average molecular weight is 284 g/mol. The van der Waals surface area contributed by atoms with Gasteiger partial charge in [-0.05, 0) is 31.0 Å². The molecular formula is C14H15F3N2O. The molecule has 3 nitrogen and oxygen atoms in total. The molecule has 1 heterocycles. The van der Waals surface area contributed by atoms with E-state index in [9.17, 15) is 13.2 Å². The number of nitrogens with zero attached hydrogens (tertiary/aromatic N) is 2. The molecule has 0 saturated carbocycles. The largest absolute Gasteiger partial charge is 0.417 e. The summed E-state index contributed by atoms with van der Waals surface area (Å²) in [6.45, 7) is 1.24. The minimum Gasteiger partial charge on any atom is -0.381 e. The van der Waals surface area contributed by atoms with E-state index in [1.807, 2.05) is 4.90 Å². The van der Waals surface area contributed by atoms with Crippen LogP contribution < -0.4 is 4.90 Å². The molecule has 20 heavy (non-hydrogen) atoms. The number of alkyl halides is 3. The molecular weight excluding hydrogens is 269 g/mol. The average Bonchev–Trinajstić information content (AvgIpc) is 2.46. The van der Waals surface area contributed by atoms with Gasteiger partial charge in [0.1, 0.15) is 0 Å². The summed E-state index contributed by atoms with van der Waals surface area (Å²) in [4.78, 5) is 1.83. The van der Waals surface area contributed by atoms with Gasteiger partial charge in [0.2, 0.25) is 0 Å². The molecule has 1 aliphatic heterocycles. The second kappa shape index (κ2) is 5.71. The van der Waals surface area contributed by atoms with Crippen LogP contribution in [-0.2, 0) is 10.9 Å². The highest BCUT2D eigenvalue weighted by atomic mass is 19.4. The maximum Gasteiger partial charge on any atom is 0.417 e. The fourth-order valence-electron chi connectivity index (χ4n) is 2.37. The Morgan fingerprint density at radius 2 is 1.95 bits per heavy atom. The quantitative estimate of drug-likeness (QED) is 0.836. The first-order valence-corrected chi connectivity index (χ1v) is 6.35. The van der Waals surface area contributed by atoms with Crippen molar-refractivity contribution in [2.45, 2.75) is 25.1 Å². The van der Waals surface area contributed by atoms with Crippen molar-refractivity contribution in [2.24, 2.45) is 0 Å². The summed E-state index contributed by atoms with van der Waals surface area (Å²) in [7, 11) is 1.78. The van der Waals surface area contributed by atoms with Gasteiger partial charge < -0.3 is 9.64 Å². The Bertz CT molecular complexity index is 516. The van der Waals surface area contributed by atoms with Gasteiger partial charge in [0.25, 0.3) is 0 Å². The molecule has 1 saturated heterocycles. The third kappa shape index (κ3) is 3.05. The summed E-state index contributed by atoms with van der Waals surface area (Å²) in [5.74, 6) is 0. The summed E-state index contributed by atoms with van der Waals surface area (Å²) >= 11 is 0. The maximum atomic E-state index is 12.9. The Hall–Kier alpha value is -1.74. The molecule has 0 unspecified atom stereocenters. The van der Waals surface area contributed by atoms with Gasteiger partial charge in [-0.3, -0.25) is 0 Å². The van der Waals surface area contributed by atoms with Gasteiger partial charge in [-0.15, -0.1) is 0 Å². The first-order chi connectivity index (χ1) is 9.43. The number of hydrogen-bond donors (Lipinski definition) is 0. The summed E-state index contributed by atoms with van der Waals surface area (Å²) < 4.78 is 44.0. The smallest absolute Gasteiger partial charge is 0.381 e. The van der Waals surface area contributed by atoms with Crippen LogP contribution in [0.4, 0.5) is 18.9 Å². The molecule has 6 heteroatoms. The van der Waals surface area contributed by atoms with Crippen molar-refractivity contribution in [3.05, 3.63) is 29.3 Å². The van der Waals surface area contributed by atoms with Crippen LogP contribution in [0.1, 0.15) is 24.0 Å². The molecule has 1 aliphatic rings. The van der Waals surface area contributed by atoms with Crippen LogP contribution in [0.5, 0.6) is 0 Å². The van der Waals surface area contributed by atoms with Crippen LogP contribution in [0.2, 0.25) is 0 Å². The predicted octanol–water partition coefficient (Wildman–Crippen LogP) is 3.19. The van der Waals surface area contributed by atoms with E-state index in [0.717, 1.165) is 18.9 Å². The van der Waals surface area contributed by atoms with Gasteiger partial charge in [-0.25, -0.2) is 0 Å². The number of benzene rings is 1. The van der Waals surface area contributed by atoms with Crippen LogP contribution >= 0.6 is 0 Å². The monoisotopic (exact) mass is 284 g/mol. The number of anilines is 1. The molecule has 0 radical (unpaired) electrons. The zero-order valence-corrected chi connectivity index (χ0v) is 11.1. The van der Waals surface area contributed by atoms with Crippen molar-refractivity contribution in [1.29, 1.82) is 5.26 Å². The Balaban J connectivity index is 2.31. The lowest BCUT2D eigenvalue weighted by atomic mass is 10.0. The molecule has 0 aliphatic carbocycles. The molecule has 0 bridgehead atoms. The van der Waals surface area contributed by atoms with Crippen LogP contribution in [0.3, 0.4) is 0 Å². The van der Waals surface area contributed by atoms with E-state index in [1.165, 1.54) is 6.07 Å². The first kappa shape index (κ1) is 14.7. The summed E-state index contributed by atoms with van der Waals surface area (Å²) in [6, 6.07) is 5.59. The minimum atomic E-state index is -4.52. The highest BCUT2D eigenvalue weighted by Crippen LogP contribution is 2.35. The Morgan fingerprint density at radius 3 is 2.50 bits per heavy atom. The van der Waals surface area contributed by atoms with Gasteiger partial charge in [-0.1, -0.05) is 0 Å². The fourth-order valence-corrected chi connectivity index (χ4v) is 2.37. The van der Waals surface area contributed by atoms with Crippen LogP contribution in [0, 0.1) is 11.3 Å². The molecule has 1 aromatic rings. The second-order valence-corrected chi connectivity index (χ2v) is 4.79. The molecule has 0 N–H and O–H groups in total. The number of hydrogen-bond acceptors (Lipinski definition) is 3. The molecule has 2 rings (SSSR count). The van der Waals surface area contributed by atoms with Crippen molar-refractivity contribution in [3.63, 3.8) is 0 Å². The summed E-state index contributed by atoms with van der Waals surface area (Å²) in [5.41, 5.74) is -0.749. The van der Waals surface area contributed by atoms with Gasteiger partial charge in [0, 0.05) is 32.0 Å². The number of ether oxygens (including phenoxy) is 1. The van der Waals surface area contributed by atoms with Crippen molar-refractivity contribution in [1.82, 2.24) is 0 Å². The minimum absolute atomic E-state index is 0.165. The van der Waals surface area contributed by atoms with Gasteiger partial charge in [0.05, 0.1) is 17.2 Å². The molecule has 108 valence electrons. The predicted molar refractivity (Wildman–Crippen MR) is 68.4 cm³/mol. The number of nitriles is 1. The Labute approximate surface area is 115 Å². The third-order valence-electron chi connectivity index (χ3n) is 3.57. The van der Waals surface area contributed by atoms with Crippen LogP contribution in [-0.4, -0.2) is 26.3 Å². The Morgan fingerprint density at radius 1 is 1.30 bits per heavy atom. The van der Waals surface area contributed by atoms with E-state index in [-0.39, 0.29) is 11.6 Å². The van der Waals surface area contributed by atoms with Gasteiger partial charge >= 0.3 is 6.18 Å². The molecule has 1 aromatic carbocycles. The van der Waals surface area contributed by atoms with E-state index in [0.29, 0.717) is 18.9 Å². The molecule has 0 spiro atoms. The van der Waals surface area contributed by atoms with E-state index < -0.39 is 11.7 Å². The highest BCUT2D eigenvalue weighted by Gasteiger charge is 2.34. The molecule has 0 amide bonds. The second-order valence-electron chi connectivity index (χ2n) is 4.79. The maximum absolute atomic E-state index is 12.9. The standard InChI is InChI=1S/C14H15F3N2O/c1-19(11-4-6-20-7-5-11)12-3-2-10(9-18)13(8-12)14(15,16)17/h2-3,8,11H,4-7H2,1H3. The van der Waals surface area contributed by atoms with E-state index in [4.69, 9.17) is 10.00 Å². The van der Waals surface area contributed by atoms with E-state index in [1.54, 1.807) is 19.2 Å². The SMILES string of the molecule is CN(c1ccc(C#N)c(C(F)(F)F)c1)C1CCOCC1. The topological polar surface area (TPSA) is 36.3 Å². The molecule has 0 aromatic heterocycles. The highest BCUT2D eigenvalue weighted by molar-refractivity contribution is 5.55. The lowest BCUT2D eigenvalue weighted by Crippen LogP contribution is -2.36. The number of rotatable bonds is 2. The van der Waals surface area contributed by atoms with Crippen molar-refractivity contribution in [3.8, 4) is 6.07 Å². The third-order valence-corrected chi connectivity index (χ3v) is 3.57. The molecule has 0 atom stereocenters. The molecule has 1 fully saturated rings. The van der Waals surface area contributed by atoms with E-state index in [2.05, 4.69) is 0 Å². The number of halogens is 3. The van der Waals surface area contributed by atoms with Crippen LogP contribution in [0.15, 0.2) is 18.2 Å².